The predicted octanol–water partition coefficient (Wildman–Crippen LogP) is -0.611. The number of hydrogen-bond acceptors (Lipinski definition) is 5. The van der Waals surface area contributed by atoms with Crippen molar-refractivity contribution in [3.8, 4) is 0 Å². The summed E-state index contributed by atoms with van der Waals surface area (Å²) in [5.41, 5.74) is -0.654. The first-order chi connectivity index (χ1) is 7.94. The number of fused-ring (bicyclic) bond motifs is 1. The SMILES string of the molecule is CNS(=O)(=O)c1ccc2[nH]c(=O)oc(=O)c2c1. The first-order valence-electron chi connectivity index (χ1n) is 4.55. The molecule has 0 amide bonds. The highest BCUT2D eigenvalue weighted by molar-refractivity contribution is 7.89. The van der Waals surface area contributed by atoms with Crippen molar-refractivity contribution in [2.45, 2.75) is 4.90 Å². The molecule has 1 aromatic carbocycles. The molecular formula is C9H8N2O5S. The van der Waals surface area contributed by atoms with Gasteiger partial charge in [-0.1, -0.05) is 0 Å². The average Bonchev–Trinajstić information content (AvgIpc) is 2.28. The lowest BCUT2D eigenvalue weighted by Crippen LogP contribution is -2.20. The summed E-state index contributed by atoms with van der Waals surface area (Å²) in [6.45, 7) is 0. The van der Waals surface area contributed by atoms with Gasteiger partial charge in [-0.15, -0.1) is 0 Å². The van der Waals surface area contributed by atoms with Crippen LogP contribution >= 0.6 is 0 Å². The van der Waals surface area contributed by atoms with E-state index in [-0.39, 0.29) is 15.8 Å². The molecule has 1 aromatic heterocycles. The van der Waals surface area contributed by atoms with Gasteiger partial charge in [0.1, 0.15) is 0 Å². The summed E-state index contributed by atoms with van der Waals surface area (Å²) in [5, 5.41) is 0.000856. The van der Waals surface area contributed by atoms with Crippen molar-refractivity contribution in [3.63, 3.8) is 0 Å². The number of sulfonamides is 1. The van der Waals surface area contributed by atoms with E-state index in [0.717, 1.165) is 6.07 Å². The van der Waals surface area contributed by atoms with E-state index in [1.54, 1.807) is 0 Å². The summed E-state index contributed by atoms with van der Waals surface area (Å²) in [4.78, 5) is 24.5. The van der Waals surface area contributed by atoms with Crippen LogP contribution in [0.1, 0.15) is 0 Å². The molecule has 7 nitrogen and oxygen atoms in total. The van der Waals surface area contributed by atoms with Gasteiger partial charge in [0.2, 0.25) is 10.0 Å². The highest BCUT2D eigenvalue weighted by atomic mass is 32.2. The van der Waals surface area contributed by atoms with Crippen LogP contribution in [0, 0.1) is 0 Å². The molecule has 1 heterocycles. The fourth-order valence-electron chi connectivity index (χ4n) is 1.36. The van der Waals surface area contributed by atoms with E-state index in [2.05, 4.69) is 14.1 Å². The van der Waals surface area contributed by atoms with Crippen molar-refractivity contribution in [1.82, 2.24) is 9.71 Å². The highest BCUT2D eigenvalue weighted by Gasteiger charge is 2.13. The lowest BCUT2D eigenvalue weighted by molar-refractivity contribution is 0.460. The number of benzene rings is 1. The lowest BCUT2D eigenvalue weighted by Gasteiger charge is -2.02. The second kappa shape index (κ2) is 3.82. The minimum absolute atomic E-state index is 0.000856. The Kier molecular flexibility index (Phi) is 2.60. The molecule has 2 rings (SSSR count). The largest absolute Gasteiger partial charge is 0.419 e. The lowest BCUT2D eigenvalue weighted by atomic mass is 10.2. The van der Waals surface area contributed by atoms with E-state index in [9.17, 15) is 18.0 Å². The number of rotatable bonds is 2. The van der Waals surface area contributed by atoms with Crippen molar-refractivity contribution in [1.29, 1.82) is 0 Å². The summed E-state index contributed by atoms with van der Waals surface area (Å²) in [6, 6.07) is 3.75. The van der Waals surface area contributed by atoms with Gasteiger partial charge in [0.05, 0.1) is 15.8 Å². The topological polar surface area (TPSA) is 109 Å². The summed E-state index contributed by atoms with van der Waals surface area (Å²) in [7, 11) is -2.38. The fourth-order valence-corrected chi connectivity index (χ4v) is 2.12. The number of aromatic nitrogens is 1. The monoisotopic (exact) mass is 256 g/mol. The predicted molar refractivity (Wildman–Crippen MR) is 59.4 cm³/mol. The summed E-state index contributed by atoms with van der Waals surface area (Å²) >= 11 is 0. The van der Waals surface area contributed by atoms with Crippen LogP contribution in [-0.4, -0.2) is 20.4 Å². The van der Waals surface area contributed by atoms with Gasteiger partial charge in [-0.2, -0.15) is 0 Å². The Bertz CT molecular complexity index is 787. The Balaban J connectivity index is 2.84. The van der Waals surface area contributed by atoms with Crippen LogP contribution in [0.2, 0.25) is 0 Å². The van der Waals surface area contributed by atoms with Crippen LogP contribution in [0.3, 0.4) is 0 Å². The van der Waals surface area contributed by atoms with Crippen LogP contribution in [0.4, 0.5) is 0 Å². The third-order valence-corrected chi connectivity index (χ3v) is 3.62. The summed E-state index contributed by atoms with van der Waals surface area (Å²) in [6.07, 6.45) is 0. The van der Waals surface area contributed by atoms with Crippen molar-refractivity contribution in [2.75, 3.05) is 7.05 Å². The van der Waals surface area contributed by atoms with Gasteiger partial charge in [0.15, 0.2) is 0 Å². The molecule has 90 valence electrons. The van der Waals surface area contributed by atoms with Gasteiger partial charge in [-0.05, 0) is 25.2 Å². The van der Waals surface area contributed by atoms with Gasteiger partial charge < -0.3 is 4.42 Å². The van der Waals surface area contributed by atoms with Gasteiger partial charge in [0.25, 0.3) is 0 Å². The second-order valence-corrected chi connectivity index (χ2v) is 5.10. The summed E-state index contributed by atoms with van der Waals surface area (Å²) < 4.78 is 29.4. The first kappa shape index (κ1) is 11.6. The zero-order valence-corrected chi connectivity index (χ0v) is 9.50. The molecule has 0 saturated heterocycles. The third kappa shape index (κ3) is 1.99. The molecule has 2 N–H and O–H groups in total. The molecule has 0 atom stereocenters. The highest BCUT2D eigenvalue weighted by Crippen LogP contribution is 2.13. The quantitative estimate of drug-likeness (QED) is 0.744. The maximum absolute atomic E-state index is 11.5. The zero-order chi connectivity index (χ0) is 12.6. The normalized spacial score (nSPS) is 11.8. The number of H-pyrrole nitrogens is 1. The third-order valence-electron chi connectivity index (χ3n) is 2.21. The number of aromatic amines is 1. The van der Waals surface area contributed by atoms with E-state index < -0.39 is 21.4 Å². The Morgan fingerprint density at radius 3 is 2.65 bits per heavy atom. The van der Waals surface area contributed by atoms with Crippen LogP contribution < -0.4 is 16.1 Å². The Labute approximate surface area is 95.1 Å². The minimum Gasteiger partial charge on any atom is -0.372 e. The van der Waals surface area contributed by atoms with Crippen molar-refractivity contribution >= 4 is 20.9 Å². The smallest absolute Gasteiger partial charge is 0.372 e. The molecular weight excluding hydrogens is 248 g/mol. The molecule has 2 aromatic rings. The van der Waals surface area contributed by atoms with Gasteiger partial charge in [-0.25, -0.2) is 22.7 Å². The van der Waals surface area contributed by atoms with Crippen molar-refractivity contribution < 1.29 is 12.8 Å². The Morgan fingerprint density at radius 1 is 1.29 bits per heavy atom. The van der Waals surface area contributed by atoms with Gasteiger partial charge in [0, 0.05) is 0 Å². The molecule has 0 fully saturated rings. The molecule has 0 radical (unpaired) electrons. The molecule has 0 saturated carbocycles. The average molecular weight is 256 g/mol. The Morgan fingerprint density at radius 2 is 2.00 bits per heavy atom. The standard InChI is InChI=1S/C9H8N2O5S/c1-10-17(14,15)5-2-3-7-6(4-5)8(12)16-9(13)11-7/h2-4,10H,1H3,(H,11,13). The van der Waals surface area contributed by atoms with Crippen LogP contribution in [0.25, 0.3) is 10.9 Å². The van der Waals surface area contributed by atoms with Crippen molar-refractivity contribution in [2.24, 2.45) is 0 Å². The molecule has 0 unspecified atom stereocenters. The van der Waals surface area contributed by atoms with E-state index in [1.165, 1.54) is 19.2 Å². The second-order valence-electron chi connectivity index (χ2n) is 3.22. The molecule has 0 aliphatic heterocycles. The van der Waals surface area contributed by atoms with Crippen LogP contribution in [0.15, 0.2) is 37.1 Å². The van der Waals surface area contributed by atoms with E-state index in [1.807, 2.05) is 0 Å². The molecule has 8 heteroatoms. The number of hydrogen-bond donors (Lipinski definition) is 2. The number of nitrogens with one attached hydrogen (secondary N) is 2. The fraction of sp³-hybridized carbons (Fsp3) is 0.111. The Hall–Kier alpha value is -1.93. The maximum Gasteiger partial charge on any atom is 0.419 e. The molecule has 0 aliphatic carbocycles. The van der Waals surface area contributed by atoms with Crippen molar-refractivity contribution in [3.05, 3.63) is 39.2 Å². The molecule has 17 heavy (non-hydrogen) atoms. The molecule has 0 aliphatic rings. The van der Waals surface area contributed by atoms with Gasteiger partial charge >= 0.3 is 11.4 Å². The van der Waals surface area contributed by atoms with Crippen LogP contribution in [-0.2, 0) is 10.0 Å². The van der Waals surface area contributed by atoms with E-state index in [0.29, 0.717) is 0 Å². The van der Waals surface area contributed by atoms with Crippen LogP contribution in [0.5, 0.6) is 0 Å². The summed E-state index contributed by atoms with van der Waals surface area (Å²) in [5.74, 6) is -0.883. The van der Waals surface area contributed by atoms with Gasteiger partial charge in [-0.3, -0.25) is 4.98 Å². The van der Waals surface area contributed by atoms with E-state index >= 15 is 0 Å². The maximum atomic E-state index is 11.5. The minimum atomic E-state index is -3.64. The first-order valence-corrected chi connectivity index (χ1v) is 6.03. The van der Waals surface area contributed by atoms with E-state index in [4.69, 9.17) is 0 Å². The molecule has 0 spiro atoms. The zero-order valence-electron chi connectivity index (χ0n) is 8.68. The molecule has 0 bridgehead atoms.